The van der Waals surface area contributed by atoms with E-state index in [1.807, 2.05) is 6.07 Å². The van der Waals surface area contributed by atoms with Gasteiger partial charge < -0.3 is 26.6 Å². The lowest BCUT2D eigenvalue weighted by Gasteiger charge is -2.33. The topological polar surface area (TPSA) is 20.2 Å². The van der Waals surface area contributed by atoms with Crippen molar-refractivity contribution in [3.8, 4) is 0 Å². The molecule has 1 aromatic rings. The second-order valence-electron chi connectivity index (χ2n) is 5.21. The molecule has 1 heterocycles. The van der Waals surface area contributed by atoms with Gasteiger partial charge in [0, 0.05) is 23.5 Å². The molecule has 1 aromatic carbocycles. The van der Waals surface area contributed by atoms with Gasteiger partial charge in [-0.15, -0.1) is 11.8 Å². The third-order valence-electron chi connectivity index (χ3n) is 3.89. The van der Waals surface area contributed by atoms with Crippen LogP contribution >= 0.6 is 46.6 Å². The van der Waals surface area contributed by atoms with E-state index >= 15 is 0 Å². The minimum absolute atomic E-state index is 0. The highest BCUT2D eigenvalue weighted by atomic mass is 79.9. The van der Waals surface area contributed by atoms with Gasteiger partial charge in [0.15, 0.2) is 0 Å². The first kappa shape index (κ1) is 19.9. The number of halogens is 4. The average Bonchev–Trinajstić information content (AvgIpc) is 2.85. The van der Waals surface area contributed by atoms with Crippen molar-refractivity contribution in [2.24, 2.45) is 0 Å². The van der Waals surface area contributed by atoms with E-state index in [0.717, 1.165) is 28.2 Å². The van der Waals surface area contributed by atoms with Crippen LogP contribution in [0.25, 0.3) is 0 Å². The average molecular weight is 436 g/mol. The van der Waals surface area contributed by atoms with Crippen molar-refractivity contribution >= 4 is 46.6 Å². The normalized spacial score (nSPS) is 16.8. The Morgan fingerprint density at radius 1 is 1.00 bits per heavy atom. The first-order valence-electron chi connectivity index (χ1n) is 6.80. The van der Waals surface area contributed by atoms with Crippen LogP contribution in [0.4, 0.5) is 0 Å². The summed E-state index contributed by atoms with van der Waals surface area (Å²) < 4.78 is 1.03. The Bertz CT molecular complexity index is 470. The van der Waals surface area contributed by atoms with Crippen molar-refractivity contribution in [1.82, 2.24) is 0 Å². The van der Waals surface area contributed by atoms with Gasteiger partial charge >= 0.3 is 0 Å². The van der Waals surface area contributed by atoms with Crippen LogP contribution in [0.5, 0.6) is 0 Å². The number of thioether (sulfide) groups is 1. The Labute approximate surface area is 156 Å². The van der Waals surface area contributed by atoms with Crippen LogP contribution in [-0.4, -0.2) is 48.1 Å². The highest BCUT2D eigenvalue weighted by Crippen LogP contribution is 2.35. The molecule has 0 radical (unpaired) electrons. The Morgan fingerprint density at radius 3 is 2.24 bits per heavy atom. The molecule has 120 valence electrons. The van der Waals surface area contributed by atoms with Crippen LogP contribution in [-0.2, 0) is 0 Å². The monoisotopic (exact) mass is 433 g/mol. The number of aliphatic hydroxyl groups is 1. The third kappa shape index (κ3) is 5.45. The fraction of sp³-hybridized carbons (Fsp3) is 0.571. The highest BCUT2D eigenvalue weighted by molar-refractivity contribution is 7.99. The number of hydrogen-bond acceptors (Lipinski definition) is 2. The first-order chi connectivity index (χ1) is 9.56. The van der Waals surface area contributed by atoms with Crippen molar-refractivity contribution in [2.75, 3.05) is 38.5 Å². The molecule has 0 aliphatic carbocycles. The molecule has 1 saturated heterocycles. The van der Waals surface area contributed by atoms with Crippen molar-refractivity contribution in [3.63, 3.8) is 0 Å². The van der Waals surface area contributed by atoms with Crippen molar-refractivity contribution in [3.05, 3.63) is 27.2 Å². The highest BCUT2D eigenvalue weighted by Gasteiger charge is 2.30. The molecule has 1 N–H and O–H groups in total. The maximum Gasteiger partial charge on any atom is 0.102 e. The zero-order chi connectivity index (χ0) is 14.6. The standard InChI is InChI=1S/C14H19Cl3NOS.BrH/c15-11-9-13(17)14(10-12(11)16)20-8-6-18(5-7-19)3-1-2-4-18;/h9-10,19H,1-8H2;1H/q+1;/p-1. The summed E-state index contributed by atoms with van der Waals surface area (Å²) in [5.74, 6) is 0.970. The summed E-state index contributed by atoms with van der Waals surface area (Å²) in [5.41, 5.74) is 0. The summed E-state index contributed by atoms with van der Waals surface area (Å²) >= 11 is 19.9. The molecule has 2 rings (SSSR count). The molecule has 0 bridgehead atoms. The summed E-state index contributed by atoms with van der Waals surface area (Å²) in [6.45, 7) is 4.53. The summed E-state index contributed by atoms with van der Waals surface area (Å²) in [7, 11) is 0. The van der Waals surface area contributed by atoms with Crippen LogP contribution in [0.1, 0.15) is 12.8 Å². The number of quaternary nitrogens is 1. The molecule has 0 aromatic heterocycles. The van der Waals surface area contributed by atoms with E-state index in [1.165, 1.54) is 25.9 Å². The molecule has 1 fully saturated rings. The summed E-state index contributed by atoms with van der Waals surface area (Å²) in [6, 6.07) is 3.53. The lowest BCUT2D eigenvalue weighted by atomic mass is 10.4. The van der Waals surface area contributed by atoms with E-state index in [2.05, 4.69) is 0 Å². The van der Waals surface area contributed by atoms with Gasteiger partial charge in [0.05, 0.1) is 41.3 Å². The van der Waals surface area contributed by atoms with E-state index < -0.39 is 0 Å². The van der Waals surface area contributed by atoms with Gasteiger partial charge in [0.25, 0.3) is 0 Å². The van der Waals surface area contributed by atoms with Crippen LogP contribution in [0.2, 0.25) is 15.1 Å². The largest absolute Gasteiger partial charge is 1.00 e. The van der Waals surface area contributed by atoms with E-state index in [9.17, 15) is 5.11 Å². The first-order valence-corrected chi connectivity index (χ1v) is 8.92. The van der Waals surface area contributed by atoms with Crippen molar-refractivity contribution in [1.29, 1.82) is 0 Å². The van der Waals surface area contributed by atoms with Gasteiger partial charge in [-0.2, -0.15) is 0 Å². The summed E-state index contributed by atoms with van der Waals surface area (Å²) in [4.78, 5) is 0.974. The third-order valence-corrected chi connectivity index (χ3v) is 6.07. The molecule has 7 heteroatoms. The van der Waals surface area contributed by atoms with Gasteiger partial charge in [-0.1, -0.05) is 34.8 Å². The number of nitrogens with zero attached hydrogens (tertiary/aromatic N) is 1. The Morgan fingerprint density at radius 2 is 1.62 bits per heavy atom. The second kappa shape index (κ2) is 9.21. The molecule has 0 spiro atoms. The SMILES string of the molecule is OCC[N+]1(CCSc2cc(Cl)c(Cl)cc2Cl)CCCC1.[Br-]. The summed E-state index contributed by atoms with van der Waals surface area (Å²) in [6.07, 6.45) is 2.52. The number of benzene rings is 1. The van der Waals surface area contributed by atoms with Crippen LogP contribution < -0.4 is 17.0 Å². The van der Waals surface area contributed by atoms with E-state index in [0.29, 0.717) is 15.1 Å². The molecule has 2 nitrogen and oxygen atoms in total. The number of aliphatic hydroxyl groups excluding tert-OH is 1. The minimum atomic E-state index is 0. The van der Waals surface area contributed by atoms with Gasteiger partial charge in [-0.25, -0.2) is 0 Å². The Hall–Kier alpha value is 0.840. The van der Waals surface area contributed by atoms with Crippen LogP contribution in [0.15, 0.2) is 17.0 Å². The molecule has 0 atom stereocenters. The van der Waals surface area contributed by atoms with Gasteiger partial charge in [-0.05, 0) is 12.1 Å². The molecular weight excluding hydrogens is 416 g/mol. The Balaban J connectivity index is 0.00000220. The summed E-state index contributed by atoms with van der Waals surface area (Å²) in [5, 5.41) is 10.9. The van der Waals surface area contributed by atoms with Gasteiger partial charge in [-0.3, -0.25) is 0 Å². The minimum Gasteiger partial charge on any atom is -1.00 e. The Kier molecular flexibility index (Phi) is 8.72. The van der Waals surface area contributed by atoms with E-state index in [-0.39, 0.29) is 23.6 Å². The molecular formula is C14H19BrCl3NOS. The van der Waals surface area contributed by atoms with Gasteiger partial charge in [0.1, 0.15) is 6.54 Å². The second-order valence-corrected chi connectivity index (χ2v) is 7.57. The number of hydrogen-bond donors (Lipinski definition) is 1. The number of rotatable bonds is 6. The lowest BCUT2D eigenvalue weighted by Crippen LogP contribution is -3.00. The molecule has 0 saturated carbocycles. The molecule has 1 aliphatic rings. The van der Waals surface area contributed by atoms with Crippen molar-refractivity contribution < 1.29 is 26.6 Å². The maximum atomic E-state index is 9.24. The predicted octanol–water partition coefficient (Wildman–Crippen LogP) is 1.35. The van der Waals surface area contributed by atoms with Crippen LogP contribution in [0, 0.1) is 0 Å². The predicted molar refractivity (Wildman–Crippen MR) is 88.2 cm³/mol. The smallest absolute Gasteiger partial charge is 0.102 e. The van der Waals surface area contributed by atoms with Crippen LogP contribution in [0.3, 0.4) is 0 Å². The van der Waals surface area contributed by atoms with E-state index in [1.54, 1.807) is 17.8 Å². The van der Waals surface area contributed by atoms with Crippen molar-refractivity contribution in [2.45, 2.75) is 17.7 Å². The quantitative estimate of drug-likeness (QED) is 0.414. The number of likely N-dealkylation sites (tertiary alicyclic amines) is 1. The molecule has 0 unspecified atom stereocenters. The lowest BCUT2D eigenvalue weighted by molar-refractivity contribution is -0.914. The molecule has 0 amide bonds. The fourth-order valence-corrected chi connectivity index (χ4v) is 4.61. The zero-order valence-corrected chi connectivity index (χ0v) is 16.3. The van der Waals surface area contributed by atoms with E-state index in [4.69, 9.17) is 34.8 Å². The van der Waals surface area contributed by atoms with Gasteiger partial charge in [0.2, 0.25) is 0 Å². The zero-order valence-electron chi connectivity index (χ0n) is 11.6. The maximum absolute atomic E-state index is 9.24. The molecule has 21 heavy (non-hydrogen) atoms. The fourth-order valence-electron chi connectivity index (χ4n) is 2.74. The molecule has 1 aliphatic heterocycles.